The second-order valence-electron chi connectivity index (χ2n) is 13.3. The van der Waals surface area contributed by atoms with Crippen LogP contribution >= 0.6 is 0 Å². The molecule has 1 heterocycles. The van der Waals surface area contributed by atoms with Crippen LogP contribution in [-0.2, 0) is 21.4 Å². The molecule has 0 saturated heterocycles. The summed E-state index contributed by atoms with van der Waals surface area (Å²) in [6.07, 6.45) is 1.94. The number of Topliss-reactive ketones (excluding diaryl/α,β-unsaturated/α-hetero) is 2. The van der Waals surface area contributed by atoms with E-state index in [1.807, 2.05) is 57.2 Å². The highest BCUT2D eigenvalue weighted by atomic mass is 16.3. The number of aromatic nitrogens is 1. The minimum absolute atomic E-state index is 0.0120. The molecule has 44 heavy (non-hydrogen) atoms. The molecular formula is C34H35N3O7. The van der Waals surface area contributed by atoms with Gasteiger partial charge in [-0.1, -0.05) is 45.0 Å². The molecule has 2 aromatic carbocycles. The fourth-order valence-electron chi connectivity index (χ4n) is 7.35. The van der Waals surface area contributed by atoms with E-state index >= 15 is 0 Å². The van der Waals surface area contributed by atoms with Gasteiger partial charge in [0.05, 0.1) is 17.3 Å². The number of allylic oxidation sites excluding steroid dienone is 1. The second kappa shape index (κ2) is 9.73. The predicted molar refractivity (Wildman–Crippen MR) is 163 cm³/mol. The van der Waals surface area contributed by atoms with Crippen molar-refractivity contribution in [3.05, 3.63) is 81.9 Å². The Morgan fingerprint density at radius 1 is 1.07 bits per heavy atom. The zero-order chi connectivity index (χ0) is 32.0. The molecule has 0 aliphatic heterocycles. The van der Waals surface area contributed by atoms with Gasteiger partial charge < -0.3 is 26.2 Å². The largest absolute Gasteiger partial charge is 0.510 e. The molecule has 0 saturated carbocycles. The van der Waals surface area contributed by atoms with Crippen molar-refractivity contribution < 1.29 is 34.8 Å². The number of fused-ring (bicyclic) bond motifs is 4. The number of ketones is 2. The highest BCUT2D eigenvalue weighted by Crippen LogP contribution is 2.54. The number of nitrogens with two attached hydrogens (primary N) is 1. The third-order valence-electron chi connectivity index (χ3n) is 9.44. The Bertz CT molecular complexity index is 1870. The molecule has 0 radical (unpaired) electrons. The molecule has 0 fully saturated rings. The van der Waals surface area contributed by atoms with Crippen molar-refractivity contribution >= 4 is 28.2 Å². The lowest BCUT2D eigenvalue weighted by atomic mass is 9.58. The lowest BCUT2D eigenvalue weighted by molar-refractivity contribution is -0.148. The van der Waals surface area contributed by atoms with Crippen LogP contribution in [-0.4, -0.2) is 73.5 Å². The zero-order valence-corrected chi connectivity index (χ0v) is 25.2. The van der Waals surface area contributed by atoms with Crippen molar-refractivity contribution in [3.63, 3.8) is 0 Å². The van der Waals surface area contributed by atoms with Crippen molar-refractivity contribution in [3.8, 4) is 17.0 Å². The van der Waals surface area contributed by atoms with Gasteiger partial charge in [0.2, 0.25) is 5.78 Å². The molecule has 0 spiro atoms. The number of aliphatic hydroxyl groups excluding tert-OH is 2. The maximum absolute atomic E-state index is 14.4. The molecule has 6 rings (SSSR count). The van der Waals surface area contributed by atoms with E-state index in [1.54, 1.807) is 20.3 Å². The number of hydrogen-bond donors (Lipinski definition) is 5. The standard InChI is InChI=1S/C34H35N3O7/c1-33(2,3)21-13-18(22-12-15-8-6-7-9-16(15)14-36-22)19-10-17-11-20-26(37(4)5)29(40)25(32(35)43)31(42)34(20,44)30(41)23(17)28(39)24(19)27(21)38/h6-9,12-14,17,20,26,38,40-41,44H,10-11H2,1-5H3,(H2,35,43)/t17-,20-,26-,34-/m0/s1. The number of likely N-dealkylation sites (N-methyl/N-ethyl adjacent to an activating group) is 1. The number of primary amides is 1. The number of rotatable bonds is 3. The second-order valence-corrected chi connectivity index (χ2v) is 13.3. The number of amides is 1. The first-order valence-electron chi connectivity index (χ1n) is 14.5. The fraction of sp³-hybridized carbons (Fsp3) is 0.353. The van der Waals surface area contributed by atoms with Crippen LogP contribution < -0.4 is 5.73 Å². The van der Waals surface area contributed by atoms with E-state index < -0.39 is 63.5 Å². The van der Waals surface area contributed by atoms with Crippen LogP contribution in [0.1, 0.15) is 48.7 Å². The number of aliphatic hydroxyl groups is 3. The smallest absolute Gasteiger partial charge is 0.255 e. The molecule has 0 bridgehead atoms. The van der Waals surface area contributed by atoms with Crippen LogP contribution in [0.2, 0.25) is 0 Å². The summed E-state index contributed by atoms with van der Waals surface area (Å²) < 4.78 is 0. The first-order chi connectivity index (χ1) is 20.6. The molecular weight excluding hydrogens is 562 g/mol. The third-order valence-corrected chi connectivity index (χ3v) is 9.44. The minimum Gasteiger partial charge on any atom is -0.510 e. The number of nitrogens with zero attached hydrogens (tertiary/aromatic N) is 2. The van der Waals surface area contributed by atoms with Crippen LogP contribution in [0.4, 0.5) is 0 Å². The van der Waals surface area contributed by atoms with Gasteiger partial charge in [0.15, 0.2) is 11.4 Å². The van der Waals surface area contributed by atoms with Gasteiger partial charge in [-0.15, -0.1) is 0 Å². The van der Waals surface area contributed by atoms with Crippen LogP contribution in [0.5, 0.6) is 5.75 Å². The molecule has 1 aromatic heterocycles. The van der Waals surface area contributed by atoms with E-state index in [0.29, 0.717) is 22.4 Å². The summed E-state index contributed by atoms with van der Waals surface area (Å²) >= 11 is 0. The van der Waals surface area contributed by atoms with E-state index in [0.717, 1.165) is 10.8 Å². The van der Waals surface area contributed by atoms with Crippen molar-refractivity contribution in [2.45, 2.75) is 50.7 Å². The van der Waals surface area contributed by atoms with Crippen molar-refractivity contribution in [1.82, 2.24) is 9.88 Å². The minimum atomic E-state index is -2.69. The average molecular weight is 598 g/mol. The zero-order valence-electron chi connectivity index (χ0n) is 25.2. The Hall–Kier alpha value is -4.54. The van der Waals surface area contributed by atoms with Crippen LogP contribution in [0, 0.1) is 11.8 Å². The number of carbonyl (C=O) groups excluding carboxylic acids is 3. The quantitative estimate of drug-likeness (QED) is 0.282. The summed E-state index contributed by atoms with van der Waals surface area (Å²) in [7, 11) is 3.20. The summed E-state index contributed by atoms with van der Waals surface area (Å²) in [6.45, 7) is 5.71. The summed E-state index contributed by atoms with van der Waals surface area (Å²) in [5.74, 6) is -6.75. The Morgan fingerprint density at radius 3 is 2.34 bits per heavy atom. The van der Waals surface area contributed by atoms with Crippen LogP contribution in [0.3, 0.4) is 0 Å². The number of aromatic hydroxyl groups is 1. The Kier molecular flexibility index (Phi) is 6.53. The SMILES string of the molecule is CN(C)[C@@H]1C(O)=C(C(N)=O)C(=O)[C@@]2(O)C(O)=C3C(=O)c4c(O)c(C(C)(C)C)cc(-c5cc6ccccc6cn5)c4C[C@H]3C[C@@H]12. The van der Waals surface area contributed by atoms with Gasteiger partial charge >= 0.3 is 0 Å². The molecule has 3 aromatic rings. The molecule has 10 nitrogen and oxygen atoms in total. The number of carbonyl (C=O) groups is 3. The van der Waals surface area contributed by atoms with Gasteiger partial charge in [-0.2, -0.15) is 0 Å². The van der Waals surface area contributed by atoms with Crippen molar-refractivity contribution in [2.75, 3.05) is 14.1 Å². The Balaban J connectivity index is 1.61. The van der Waals surface area contributed by atoms with E-state index in [4.69, 9.17) is 10.7 Å². The summed E-state index contributed by atoms with van der Waals surface area (Å²) in [6, 6.07) is 10.5. The summed E-state index contributed by atoms with van der Waals surface area (Å²) in [4.78, 5) is 46.5. The first-order valence-corrected chi connectivity index (χ1v) is 14.5. The predicted octanol–water partition coefficient (Wildman–Crippen LogP) is 3.63. The van der Waals surface area contributed by atoms with E-state index in [1.165, 1.54) is 4.90 Å². The number of hydrogen-bond acceptors (Lipinski definition) is 9. The number of phenolic OH excluding ortho intramolecular Hbond substituents is 1. The summed E-state index contributed by atoms with van der Waals surface area (Å²) in [5, 5.41) is 48.1. The molecule has 228 valence electrons. The molecule has 3 aliphatic carbocycles. The summed E-state index contributed by atoms with van der Waals surface area (Å²) in [5.41, 5.74) is 3.39. The Labute approximate surface area is 254 Å². The first kappa shape index (κ1) is 29.5. The third kappa shape index (κ3) is 4.01. The lowest BCUT2D eigenvalue weighted by Crippen LogP contribution is -2.63. The normalized spacial score (nSPS) is 25.3. The molecule has 1 amide bonds. The monoisotopic (exact) mass is 597 g/mol. The Morgan fingerprint density at radius 2 is 1.73 bits per heavy atom. The van der Waals surface area contributed by atoms with Gasteiger partial charge in [-0.3, -0.25) is 24.3 Å². The van der Waals surface area contributed by atoms with Gasteiger partial charge in [0, 0.05) is 34.2 Å². The average Bonchev–Trinajstić information content (AvgIpc) is 2.94. The number of phenols is 1. The maximum atomic E-state index is 14.4. The van der Waals surface area contributed by atoms with Crippen LogP contribution in [0.15, 0.2) is 65.3 Å². The van der Waals surface area contributed by atoms with Crippen molar-refractivity contribution in [2.24, 2.45) is 17.6 Å². The molecule has 0 unspecified atom stereocenters. The topological polar surface area (TPSA) is 174 Å². The lowest BCUT2D eigenvalue weighted by Gasteiger charge is -2.50. The van der Waals surface area contributed by atoms with Gasteiger partial charge in [0.25, 0.3) is 5.91 Å². The highest BCUT2D eigenvalue weighted by molar-refractivity contribution is 6.25. The van der Waals surface area contributed by atoms with Crippen LogP contribution in [0.25, 0.3) is 22.0 Å². The van der Waals surface area contributed by atoms with Gasteiger partial charge in [0.1, 0.15) is 22.8 Å². The molecule has 10 heteroatoms. The van der Waals surface area contributed by atoms with E-state index in [-0.39, 0.29) is 29.7 Å². The van der Waals surface area contributed by atoms with Gasteiger partial charge in [-0.25, -0.2) is 0 Å². The molecule has 6 N–H and O–H groups in total. The maximum Gasteiger partial charge on any atom is 0.255 e. The number of benzene rings is 2. The highest BCUT2D eigenvalue weighted by Gasteiger charge is 2.63. The molecule has 3 aliphatic rings. The number of pyridine rings is 1. The van der Waals surface area contributed by atoms with E-state index in [9.17, 15) is 34.8 Å². The van der Waals surface area contributed by atoms with Crippen molar-refractivity contribution in [1.29, 1.82) is 0 Å². The van der Waals surface area contributed by atoms with Gasteiger partial charge in [-0.05, 0) is 61.4 Å². The van der Waals surface area contributed by atoms with E-state index in [2.05, 4.69) is 0 Å². The fourth-order valence-corrected chi connectivity index (χ4v) is 7.35. The molecule has 4 atom stereocenters.